The topological polar surface area (TPSA) is 77.3 Å². The van der Waals surface area contributed by atoms with Gasteiger partial charge in [-0.05, 0) is 89.5 Å². The molecule has 0 unspecified atom stereocenters. The zero-order valence-corrected chi connectivity index (χ0v) is 22.5. The van der Waals surface area contributed by atoms with Crippen LogP contribution < -0.4 is 0 Å². The SMILES string of the molecule is c1ccc(-c2ccc(-c3cc(-c4cccnc4)cc(-c4ccc(-c5cccc(-c6ccccn6)n5)nc4)c3)cn2)nc1. The van der Waals surface area contributed by atoms with Crippen LogP contribution in [0.1, 0.15) is 0 Å². The first-order valence-corrected chi connectivity index (χ1v) is 13.6. The standard InChI is InChI=1S/C36H24N6/c1-3-17-38-31(8-1)33-14-12-26(23-40-33)29-19-28(25-7-6-16-37-22-25)20-30(21-29)27-13-15-34(41-24-27)36-11-5-10-35(42-36)32-9-2-4-18-39-32/h1-24H. The molecule has 6 aromatic heterocycles. The van der Waals surface area contributed by atoms with E-state index in [9.17, 15) is 0 Å². The van der Waals surface area contributed by atoms with E-state index < -0.39 is 0 Å². The van der Waals surface area contributed by atoms with Crippen molar-refractivity contribution in [2.75, 3.05) is 0 Å². The number of rotatable bonds is 6. The number of hydrogen-bond acceptors (Lipinski definition) is 6. The molecule has 7 rings (SSSR count). The monoisotopic (exact) mass is 540 g/mol. The Morgan fingerprint density at radius 3 is 1.29 bits per heavy atom. The van der Waals surface area contributed by atoms with E-state index in [0.717, 1.165) is 67.5 Å². The fraction of sp³-hybridized carbons (Fsp3) is 0. The summed E-state index contributed by atoms with van der Waals surface area (Å²) in [5, 5.41) is 0. The van der Waals surface area contributed by atoms with Gasteiger partial charge in [0.25, 0.3) is 0 Å². The first kappa shape index (κ1) is 25.1. The van der Waals surface area contributed by atoms with Crippen LogP contribution in [0.15, 0.2) is 146 Å². The Labute approximate surface area is 243 Å². The van der Waals surface area contributed by atoms with E-state index in [1.807, 2.05) is 91.4 Å². The van der Waals surface area contributed by atoms with Crippen molar-refractivity contribution >= 4 is 0 Å². The van der Waals surface area contributed by atoms with E-state index in [-0.39, 0.29) is 0 Å². The molecule has 0 spiro atoms. The van der Waals surface area contributed by atoms with Gasteiger partial charge >= 0.3 is 0 Å². The molecule has 0 aliphatic heterocycles. The average molecular weight is 541 g/mol. The van der Waals surface area contributed by atoms with E-state index in [1.54, 1.807) is 18.6 Å². The Morgan fingerprint density at radius 2 is 0.810 bits per heavy atom. The first-order chi connectivity index (χ1) is 20.8. The highest BCUT2D eigenvalue weighted by Gasteiger charge is 2.11. The molecule has 6 heterocycles. The molecular weight excluding hydrogens is 516 g/mol. The molecule has 6 nitrogen and oxygen atoms in total. The Kier molecular flexibility index (Phi) is 6.76. The minimum absolute atomic E-state index is 0.800. The molecule has 0 radical (unpaired) electrons. The number of benzene rings is 1. The summed E-state index contributed by atoms with van der Waals surface area (Å²) in [6, 6.07) is 36.3. The van der Waals surface area contributed by atoms with E-state index in [2.05, 4.69) is 51.4 Å². The van der Waals surface area contributed by atoms with Crippen LogP contribution in [-0.2, 0) is 0 Å². The lowest BCUT2D eigenvalue weighted by molar-refractivity contribution is 1.22. The molecule has 0 saturated carbocycles. The van der Waals surface area contributed by atoms with Crippen molar-refractivity contribution in [2.45, 2.75) is 0 Å². The molecule has 0 bridgehead atoms. The van der Waals surface area contributed by atoms with Crippen molar-refractivity contribution in [3.8, 4) is 67.5 Å². The quantitative estimate of drug-likeness (QED) is 0.212. The zero-order valence-electron chi connectivity index (χ0n) is 22.5. The molecule has 0 N–H and O–H groups in total. The summed E-state index contributed by atoms with van der Waals surface area (Å²) in [6.45, 7) is 0. The lowest BCUT2D eigenvalue weighted by atomic mass is 9.94. The van der Waals surface area contributed by atoms with Gasteiger partial charge in [-0.1, -0.05) is 36.4 Å². The van der Waals surface area contributed by atoms with Crippen LogP contribution in [0.4, 0.5) is 0 Å². The molecule has 42 heavy (non-hydrogen) atoms. The van der Waals surface area contributed by atoms with Crippen LogP contribution in [-0.4, -0.2) is 29.9 Å². The predicted molar refractivity (Wildman–Crippen MR) is 166 cm³/mol. The van der Waals surface area contributed by atoms with Crippen LogP contribution in [0.2, 0.25) is 0 Å². The average Bonchev–Trinajstić information content (AvgIpc) is 3.09. The number of pyridine rings is 6. The third-order valence-electron chi connectivity index (χ3n) is 6.99. The Hall–Kier alpha value is -5.88. The molecule has 0 atom stereocenters. The van der Waals surface area contributed by atoms with E-state index in [0.29, 0.717) is 0 Å². The summed E-state index contributed by atoms with van der Waals surface area (Å²) in [7, 11) is 0. The van der Waals surface area contributed by atoms with Gasteiger partial charge in [-0.3, -0.25) is 24.9 Å². The second kappa shape index (κ2) is 11.3. The van der Waals surface area contributed by atoms with E-state index in [1.165, 1.54) is 0 Å². The van der Waals surface area contributed by atoms with Crippen LogP contribution >= 0.6 is 0 Å². The Morgan fingerprint density at radius 1 is 0.310 bits per heavy atom. The lowest BCUT2D eigenvalue weighted by Gasteiger charge is -2.12. The third-order valence-corrected chi connectivity index (χ3v) is 6.99. The molecule has 6 heteroatoms. The molecule has 0 aliphatic carbocycles. The predicted octanol–water partition coefficient (Wildman–Crippen LogP) is 8.06. The minimum Gasteiger partial charge on any atom is -0.264 e. The fourth-order valence-corrected chi connectivity index (χ4v) is 4.84. The van der Waals surface area contributed by atoms with Gasteiger partial charge in [-0.25, -0.2) is 4.98 Å². The molecule has 0 aliphatic rings. The van der Waals surface area contributed by atoms with E-state index in [4.69, 9.17) is 15.0 Å². The van der Waals surface area contributed by atoms with Crippen molar-refractivity contribution in [3.63, 3.8) is 0 Å². The maximum absolute atomic E-state index is 4.81. The number of nitrogens with zero attached hydrogens (tertiary/aromatic N) is 6. The fourth-order valence-electron chi connectivity index (χ4n) is 4.84. The second-order valence-corrected chi connectivity index (χ2v) is 9.74. The largest absolute Gasteiger partial charge is 0.264 e. The van der Waals surface area contributed by atoms with Gasteiger partial charge in [0.05, 0.1) is 34.2 Å². The summed E-state index contributed by atoms with van der Waals surface area (Å²) in [6.07, 6.45) is 11.0. The molecule has 0 saturated heterocycles. The van der Waals surface area contributed by atoms with Gasteiger partial charge in [0.15, 0.2) is 0 Å². The summed E-state index contributed by atoms with van der Waals surface area (Å²) in [5.74, 6) is 0. The maximum Gasteiger partial charge on any atom is 0.0894 e. The van der Waals surface area contributed by atoms with Crippen molar-refractivity contribution in [2.24, 2.45) is 0 Å². The highest BCUT2D eigenvalue weighted by Crippen LogP contribution is 2.33. The number of hydrogen-bond donors (Lipinski definition) is 0. The summed E-state index contributed by atoms with van der Waals surface area (Å²) >= 11 is 0. The normalized spacial score (nSPS) is 10.9. The van der Waals surface area contributed by atoms with E-state index >= 15 is 0 Å². The molecule has 1 aromatic carbocycles. The minimum atomic E-state index is 0.800. The van der Waals surface area contributed by atoms with Crippen molar-refractivity contribution in [1.29, 1.82) is 0 Å². The molecule has 0 amide bonds. The summed E-state index contributed by atoms with van der Waals surface area (Å²) in [4.78, 5) is 27.5. The third kappa shape index (κ3) is 5.29. The Bertz CT molecular complexity index is 1940. The Balaban J connectivity index is 1.25. The molecular formula is C36H24N6. The van der Waals surface area contributed by atoms with Crippen LogP contribution in [0, 0.1) is 0 Å². The van der Waals surface area contributed by atoms with Crippen LogP contribution in [0.25, 0.3) is 67.5 Å². The first-order valence-electron chi connectivity index (χ1n) is 13.6. The van der Waals surface area contributed by atoms with Gasteiger partial charge < -0.3 is 0 Å². The summed E-state index contributed by atoms with van der Waals surface area (Å²) < 4.78 is 0. The van der Waals surface area contributed by atoms with Crippen LogP contribution in [0.3, 0.4) is 0 Å². The molecule has 7 aromatic rings. The smallest absolute Gasteiger partial charge is 0.0894 e. The van der Waals surface area contributed by atoms with Crippen molar-refractivity contribution in [1.82, 2.24) is 29.9 Å². The second-order valence-electron chi connectivity index (χ2n) is 9.74. The maximum atomic E-state index is 4.81. The van der Waals surface area contributed by atoms with Gasteiger partial charge in [-0.15, -0.1) is 0 Å². The van der Waals surface area contributed by atoms with Gasteiger partial charge in [0.1, 0.15) is 0 Å². The molecule has 198 valence electrons. The summed E-state index contributed by atoms with van der Waals surface area (Å²) in [5.41, 5.74) is 11.2. The highest BCUT2D eigenvalue weighted by atomic mass is 14.8. The highest BCUT2D eigenvalue weighted by molar-refractivity contribution is 5.81. The van der Waals surface area contributed by atoms with Crippen molar-refractivity contribution in [3.05, 3.63) is 146 Å². The van der Waals surface area contributed by atoms with Gasteiger partial charge in [0.2, 0.25) is 0 Å². The molecule has 0 fully saturated rings. The van der Waals surface area contributed by atoms with Crippen molar-refractivity contribution < 1.29 is 0 Å². The zero-order chi connectivity index (χ0) is 28.1. The van der Waals surface area contributed by atoms with Crippen LogP contribution in [0.5, 0.6) is 0 Å². The van der Waals surface area contributed by atoms with Gasteiger partial charge in [-0.2, -0.15) is 0 Å². The lowest BCUT2D eigenvalue weighted by Crippen LogP contribution is -1.92. The van der Waals surface area contributed by atoms with Gasteiger partial charge in [0, 0.05) is 53.9 Å². The number of aromatic nitrogens is 6.